The molecule has 2 aromatic heterocycles. The Morgan fingerprint density at radius 3 is 2.50 bits per heavy atom. The fourth-order valence-electron chi connectivity index (χ4n) is 4.83. The van der Waals surface area contributed by atoms with Gasteiger partial charge in [-0.15, -0.1) is 0 Å². The van der Waals surface area contributed by atoms with Gasteiger partial charge in [0.05, 0.1) is 26.8 Å². The SMILES string of the molecule is COc1ccc(Cn2c(C3(OC)CC3)nc3sc(N(C)[C@H](C)C(=O)CCc4ccccc4)nc3c2=O)c(OC)c1. The topological polar surface area (TPSA) is 95.8 Å². The van der Waals surface area contributed by atoms with Gasteiger partial charge in [0.2, 0.25) is 0 Å². The molecule has 1 atom stereocenters. The summed E-state index contributed by atoms with van der Waals surface area (Å²) in [5.41, 5.74) is 1.36. The number of hydrogen-bond donors (Lipinski definition) is 0. The van der Waals surface area contributed by atoms with Crippen molar-refractivity contribution in [3.8, 4) is 11.5 Å². The van der Waals surface area contributed by atoms with Crippen molar-refractivity contribution in [2.45, 2.75) is 50.8 Å². The molecule has 1 fully saturated rings. The number of aromatic nitrogens is 3. The van der Waals surface area contributed by atoms with E-state index < -0.39 is 11.6 Å². The molecule has 210 valence electrons. The van der Waals surface area contributed by atoms with Gasteiger partial charge in [-0.05, 0) is 43.9 Å². The molecule has 4 aromatic rings. The largest absolute Gasteiger partial charge is 0.497 e. The number of thiazole rings is 1. The van der Waals surface area contributed by atoms with Crippen LogP contribution in [-0.4, -0.2) is 54.7 Å². The molecule has 5 rings (SSSR count). The second-order valence-electron chi connectivity index (χ2n) is 10.1. The predicted molar refractivity (Wildman–Crippen MR) is 156 cm³/mol. The predicted octanol–water partition coefficient (Wildman–Crippen LogP) is 4.58. The minimum absolute atomic E-state index is 0.111. The van der Waals surface area contributed by atoms with Crippen molar-refractivity contribution in [2.75, 3.05) is 33.3 Å². The third kappa shape index (κ3) is 5.33. The number of nitrogens with zero attached hydrogens (tertiary/aromatic N) is 4. The van der Waals surface area contributed by atoms with Crippen LogP contribution in [-0.2, 0) is 28.1 Å². The molecule has 1 aliphatic rings. The minimum atomic E-state index is -0.607. The summed E-state index contributed by atoms with van der Waals surface area (Å²) in [7, 11) is 6.67. The zero-order valence-electron chi connectivity index (χ0n) is 23.5. The highest BCUT2D eigenvalue weighted by Gasteiger charge is 2.49. The molecule has 0 aliphatic heterocycles. The van der Waals surface area contributed by atoms with Crippen molar-refractivity contribution in [3.05, 3.63) is 75.8 Å². The van der Waals surface area contributed by atoms with E-state index >= 15 is 0 Å². The van der Waals surface area contributed by atoms with E-state index in [0.717, 1.165) is 24.0 Å². The van der Waals surface area contributed by atoms with Gasteiger partial charge in [0, 0.05) is 32.2 Å². The number of aryl methyl sites for hydroxylation is 1. The van der Waals surface area contributed by atoms with Crippen LogP contribution in [0.5, 0.6) is 11.5 Å². The summed E-state index contributed by atoms with van der Waals surface area (Å²) in [5.74, 6) is 1.97. The number of fused-ring (bicyclic) bond motifs is 1. The van der Waals surface area contributed by atoms with Crippen molar-refractivity contribution < 1.29 is 19.0 Å². The standard InChI is InChI=1S/C30H34N4O5S/c1-19(23(35)14-11-20-9-7-6-8-10-20)33(2)29-31-25-26(40-29)32-28(30(39-5)15-16-30)34(27(25)36)18-21-12-13-22(37-3)17-24(21)38-4/h6-10,12-13,17,19H,11,14-16,18H2,1-5H3/t19-/m1/s1. The molecule has 0 spiro atoms. The molecule has 0 amide bonds. The van der Waals surface area contributed by atoms with Crippen LogP contribution in [0.2, 0.25) is 0 Å². The van der Waals surface area contributed by atoms with Crippen LogP contribution in [0, 0.1) is 0 Å². The molecule has 1 saturated carbocycles. The summed E-state index contributed by atoms with van der Waals surface area (Å²) >= 11 is 1.32. The van der Waals surface area contributed by atoms with E-state index in [1.165, 1.54) is 11.3 Å². The first-order chi connectivity index (χ1) is 19.3. The minimum Gasteiger partial charge on any atom is -0.497 e. The highest BCUT2D eigenvalue weighted by Crippen LogP contribution is 2.48. The van der Waals surface area contributed by atoms with Crippen molar-refractivity contribution in [1.82, 2.24) is 14.5 Å². The van der Waals surface area contributed by atoms with Crippen LogP contribution in [0.1, 0.15) is 43.1 Å². The molecule has 0 N–H and O–H groups in total. The molecule has 2 heterocycles. The molecule has 2 aromatic carbocycles. The van der Waals surface area contributed by atoms with Gasteiger partial charge in [-0.25, -0.2) is 9.97 Å². The van der Waals surface area contributed by atoms with Gasteiger partial charge in [0.15, 0.2) is 21.3 Å². The highest BCUT2D eigenvalue weighted by molar-refractivity contribution is 7.21. The van der Waals surface area contributed by atoms with Gasteiger partial charge in [0.25, 0.3) is 5.56 Å². The first-order valence-corrected chi connectivity index (χ1v) is 14.1. The number of Topliss-reactive ketones (excluding diaryl/α,β-unsaturated/α-hetero) is 1. The van der Waals surface area contributed by atoms with Gasteiger partial charge in [-0.1, -0.05) is 41.7 Å². The van der Waals surface area contributed by atoms with Gasteiger partial charge in [-0.2, -0.15) is 0 Å². The Kier molecular flexibility index (Phi) is 7.91. The molecule has 0 bridgehead atoms. The second kappa shape index (κ2) is 11.4. The van der Waals surface area contributed by atoms with E-state index in [4.69, 9.17) is 19.2 Å². The lowest BCUT2D eigenvalue weighted by Crippen LogP contribution is -2.36. The fraction of sp³-hybridized carbons (Fsp3) is 0.400. The lowest BCUT2D eigenvalue weighted by Gasteiger charge is -2.22. The second-order valence-corrected chi connectivity index (χ2v) is 11.0. The van der Waals surface area contributed by atoms with Gasteiger partial charge >= 0.3 is 0 Å². The highest BCUT2D eigenvalue weighted by atomic mass is 32.1. The van der Waals surface area contributed by atoms with Gasteiger partial charge < -0.3 is 19.1 Å². The quantitative estimate of drug-likeness (QED) is 0.248. The van der Waals surface area contributed by atoms with Crippen LogP contribution in [0.25, 0.3) is 10.3 Å². The first kappa shape index (κ1) is 27.8. The molecular formula is C30H34N4O5S. The van der Waals surface area contributed by atoms with Crippen LogP contribution in [0.15, 0.2) is 53.3 Å². The Bertz CT molecular complexity index is 1580. The van der Waals surface area contributed by atoms with Crippen molar-refractivity contribution >= 4 is 32.6 Å². The molecular weight excluding hydrogens is 528 g/mol. The van der Waals surface area contributed by atoms with E-state index in [1.807, 2.05) is 61.3 Å². The number of hydrogen-bond acceptors (Lipinski definition) is 9. The Hall–Kier alpha value is -3.76. The average Bonchev–Trinajstić information content (AvgIpc) is 3.67. The Labute approximate surface area is 237 Å². The number of rotatable bonds is 12. The lowest BCUT2D eigenvalue weighted by atomic mass is 10.0. The summed E-state index contributed by atoms with van der Waals surface area (Å²) in [6, 6.07) is 15.1. The number of likely N-dealkylation sites (N-methyl/N-ethyl adjacent to an activating group) is 1. The molecule has 1 aliphatic carbocycles. The smallest absolute Gasteiger partial charge is 0.281 e. The van der Waals surface area contributed by atoms with E-state index in [9.17, 15) is 9.59 Å². The fourth-order valence-corrected chi connectivity index (χ4v) is 5.80. The van der Waals surface area contributed by atoms with Gasteiger partial charge in [0.1, 0.15) is 22.9 Å². The summed E-state index contributed by atoms with van der Waals surface area (Å²) in [6.07, 6.45) is 2.66. The third-order valence-electron chi connectivity index (χ3n) is 7.69. The number of ketones is 1. The van der Waals surface area contributed by atoms with Crippen LogP contribution in [0.4, 0.5) is 5.13 Å². The van der Waals surface area contributed by atoms with Crippen molar-refractivity contribution in [2.24, 2.45) is 0 Å². The zero-order chi connectivity index (χ0) is 28.4. The maximum atomic E-state index is 13.9. The number of carbonyl (C=O) groups is 1. The van der Waals surface area contributed by atoms with E-state index in [2.05, 4.69) is 4.98 Å². The number of carbonyl (C=O) groups excluding carboxylic acids is 1. The van der Waals surface area contributed by atoms with Crippen LogP contribution in [0.3, 0.4) is 0 Å². The van der Waals surface area contributed by atoms with E-state index in [1.54, 1.807) is 32.0 Å². The molecule has 9 nitrogen and oxygen atoms in total. The summed E-state index contributed by atoms with van der Waals surface area (Å²) < 4.78 is 18.4. The Morgan fingerprint density at radius 2 is 1.85 bits per heavy atom. The lowest BCUT2D eigenvalue weighted by molar-refractivity contribution is -0.119. The average molecular weight is 563 g/mol. The maximum absolute atomic E-state index is 13.9. The zero-order valence-corrected chi connectivity index (χ0v) is 24.3. The monoisotopic (exact) mass is 562 g/mol. The first-order valence-electron chi connectivity index (χ1n) is 13.3. The number of anilines is 1. The summed E-state index contributed by atoms with van der Waals surface area (Å²) in [6.45, 7) is 2.11. The Balaban J connectivity index is 1.47. The molecule has 0 unspecified atom stereocenters. The number of ether oxygens (including phenoxy) is 3. The van der Waals surface area contributed by atoms with Crippen molar-refractivity contribution in [1.29, 1.82) is 0 Å². The molecule has 40 heavy (non-hydrogen) atoms. The van der Waals surface area contributed by atoms with Crippen LogP contribution >= 0.6 is 11.3 Å². The summed E-state index contributed by atoms with van der Waals surface area (Å²) in [5, 5.41) is 0.577. The molecule has 0 radical (unpaired) electrons. The normalized spacial score (nSPS) is 14.6. The maximum Gasteiger partial charge on any atom is 0.281 e. The third-order valence-corrected chi connectivity index (χ3v) is 8.73. The van der Waals surface area contributed by atoms with Crippen LogP contribution < -0.4 is 19.9 Å². The van der Waals surface area contributed by atoms with Crippen molar-refractivity contribution in [3.63, 3.8) is 0 Å². The van der Waals surface area contributed by atoms with E-state index in [-0.39, 0.29) is 23.4 Å². The van der Waals surface area contributed by atoms with E-state index in [0.29, 0.717) is 40.1 Å². The number of benzene rings is 2. The molecule has 10 heteroatoms. The van der Waals surface area contributed by atoms with Gasteiger partial charge in [-0.3, -0.25) is 14.2 Å². The summed E-state index contributed by atoms with van der Waals surface area (Å²) in [4.78, 5) is 38.9. The molecule has 0 saturated heterocycles. The number of methoxy groups -OCH3 is 3. The Morgan fingerprint density at radius 1 is 1.10 bits per heavy atom.